The number of anilines is 1. The highest BCUT2D eigenvalue weighted by molar-refractivity contribution is 6.17. The van der Waals surface area contributed by atoms with Crippen molar-refractivity contribution in [3.8, 4) is 0 Å². The molecule has 1 aromatic carbocycles. The Balaban J connectivity index is 3.24. The minimum Gasteiger partial charge on any atom is -0.437 e. The molecule has 0 bridgehead atoms. The molecule has 0 fully saturated rings. The molecule has 0 aliphatic rings. The van der Waals surface area contributed by atoms with E-state index in [2.05, 4.69) is 5.23 Å². The van der Waals surface area contributed by atoms with Crippen LogP contribution >= 0.6 is 0 Å². The third-order valence-electron chi connectivity index (χ3n) is 1.62. The topological polar surface area (TPSA) is 35.9 Å². The molecule has 2 radical (unpaired) electrons. The quantitative estimate of drug-likeness (QED) is 0.478. The number of hydrogen-bond acceptors (Lipinski definition) is 2. The highest BCUT2D eigenvalue weighted by Crippen LogP contribution is 2.15. The van der Waals surface area contributed by atoms with Crippen LogP contribution in [0.2, 0.25) is 0 Å². The summed E-state index contributed by atoms with van der Waals surface area (Å²) in [4.78, 5) is 0. The first-order valence-corrected chi connectivity index (χ1v) is 3.36. The zero-order chi connectivity index (χ0) is 8.27. The molecular formula is C8H9BN2. The molecule has 0 saturated heterocycles. The van der Waals surface area contributed by atoms with Crippen molar-refractivity contribution in [1.82, 2.24) is 0 Å². The van der Waals surface area contributed by atoms with Gasteiger partial charge in [0.25, 0.3) is 0 Å². The Bertz CT molecular complexity index is 271. The van der Waals surface area contributed by atoms with Gasteiger partial charge >= 0.3 is 0 Å². The standard InChI is InChI=1S/C8H9BN2/c1-6-3-2-4-8(11-9)7(6)5-10/h2-5,10-11H,1H3. The van der Waals surface area contributed by atoms with Gasteiger partial charge in [-0.1, -0.05) is 12.1 Å². The van der Waals surface area contributed by atoms with Gasteiger partial charge in [0.15, 0.2) is 0 Å². The van der Waals surface area contributed by atoms with Gasteiger partial charge in [-0.25, -0.2) is 0 Å². The van der Waals surface area contributed by atoms with Crippen LogP contribution in [0.1, 0.15) is 11.1 Å². The minimum atomic E-state index is 0.792. The van der Waals surface area contributed by atoms with Crippen molar-refractivity contribution in [2.75, 3.05) is 5.23 Å². The van der Waals surface area contributed by atoms with E-state index in [1.807, 2.05) is 25.1 Å². The predicted octanol–water partition coefficient (Wildman–Crippen LogP) is 1.49. The van der Waals surface area contributed by atoms with E-state index in [-0.39, 0.29) is 0 Å². The molecule has 2 nitrogen and oxygen atoms in total. The van der Waals surface area contributed by atoms with Crippen LogP contribution in [-0.4, -0.2) is 14.2 Å². The van der Waals surface area contributed by atoms with Gasteiger partial charge in [-0.3, -0.25) is 0 Å². The summed E-state index contributed by atoms with van der Waals surface area (Å²) >= 11 is 0. The van der Waals surface area contributed by atoms with Crippen molar-refractivity contribution < 1.29 is 0 Å². The Hall–Kier alpha value is -1.25. The molecule has 0 saturated carbocycles. The van der Waals surface area contributed by atoms with E-state index in [1.165, 1.54) is 6.21 Å². The van der Waals surface area contributed by atoms with Crippen molar-refractivity contribution in [2.45, 2.75) is 6.92 Å². The largest absolute Gasteiger partial charge is 0.437 e. The Morgan fingerprint density at radius 2 is 2.27 bits per heavy atom. The molecular weight excluding hydrogens is 135 g/mol. The maximum absolute atomic E-state index is 7.11. The zero-order valence-corrected chi connectivity index (χ0v) is 6.39. The number of aryl methyl sites for hydroxylation is 1. The number of hydrogen-bond donors (Lipinski definition) is 2. The van der Waals surface area contributed by atoms with Crippen molar-refractivity contribution in [3.05, 3.63) is 29.3 Å². The molecule has 1 aromatic rings. The summed E-state index contributed by atoms with van der Waals surface area (Å²) in [6.07, 6.45) is 1.30. The van der Waals surface area contributed by atoms with Crippen molar-refractivity contribution in [1.29, 1.82) is 5.41 Å². The van der Waals surface area contributed by atoms with Gasteiger partial charge in [0.05, 0.1) is 0 Å². The summed E-state index contributed by atoms with van der Waals surface area (Å²) in [5.41, 5.74) is 2.69. The van der Waals surface area contributed by atoms with Gasteiger partial charge in [0, 0.05) is 17.5 Å². The van der Waals surface area contributed by atoms with E-state index in [0.29, 0.717) is 0 Å². The fraction of sp³-hybridized carbons (Fsp3) is 0.125. The lowest BCUT2D eigenvalue weighted by atomic mass is 10.1. The normalized spacial score (nSPS) is 9.18. The van der Waals surface area contributed by atoms with E-state index < -0.39 is 0 Å². The van der Waals surface area contributed by atoms with Gasteiger partial charge in [-0.15, -0.1) is 0 Å². The summed E-state index contributed by atoms with van der Waals surface area (Å²) in [5.74, 6) is 0. The summed E-state index contributed by atoms with van der Waals surface area (Å²) in [7, 11) is 5.24. The number of benzene rings is 1. The van der Waals surface area contributed by atoms with Crippen LogP contribution in [0.4, 0.5) is 5.69 Å². The molecule has 0 atom stereocenters. The van der Waals surface area contributed by atoms with Crippen LogP contribution < -0.4 is 5.23 Å². The van der Waals surface area contributed by atoms with Crippen LogP contribution in [0, 0.1) is 12.3 Å². The molecule has 0 aliphatic carbocycles. The summed E-state index contributed by atoms with van der Waals surface area (Å²) in [5, 5.41) is 9.64. The van der Waals surface area contributed by atoms with E-state index in [4.69, 9.17) is 13.4 Å². The second-order valence-corrected chi connectivity index (χ2v) is 2.32. The van der Waals surface area contributed by atoms with E-state index >= 15 is 0 Å². The summed E-state index contributed by atoms with van der Waals surface area (Å²) in [6.45, 7) is 1.95. The monoisotopic (exact) mass is 144 g/mol. The Kier molecular flexibility index (Phi) is 2.31. The first kappa shape index (κ1) is 7.86. The predicted molar refractivity (Wildman–Crippen MR) is 48.4 cm³/mol. The van der Waals surface area contributed by atoms with Crippen LogP contribution in [0.25, 0.3) is 0 Å². The molecule has 11 heavy (non-hydrogen) atoms. The smallest absolute Gasteiger partial charge is 0.222 e. The fourth-order valence-electron chi connectivity index (χ4n) is 0.998. The SMILES string of the molecule is [B]Nc1cccc(C)c1C=N. The second kappa shape index (κ2) is 3.24. The Morgan fingerprint density at radius 1 is 1.55 bits per heavy atom. The van der Waals surface area contributed by atoms with Gasteiger partial charge in [-0.05, 0) is 18.6 Å². The number of rotatable bonds is 2. The van der Waals surface area contributed by atoms with Crippen molar-refractivity contribution in [2.24, 2.45) is 0 Å². The Morgan fingerprint density at radius 3 is 2.73 bits per heavy atom. The lowest BCUT2D eigenvalue weighted by Gasteiger charge is -2.06. The first-order valence-electron chi connectivity index (χ1n) is 3.36. The Labute approximate surface area is 67.6 Å². The summed E-state index contributed by atoms with van der Waals surface area (Å²) < 4.78 is 0. The molecule has 0 spiro atoms. The molecule has 0 unspecified atom stereocenters. The zero-order valence-electron chi connectivity index (χ0n) is 6.39. The average Bonchev–Trinajstić information content (AvgIpc) is 2.04. The molecule has 3 heteroatoms. The molecule has 54 valence electrons. The molecule has 0 heterocycles. The number of nitrogens with one attached hydrogen (secondary N) is 2. The fourth-order valence-corrected chi connectivity index (χ4v) is 0.998. The van der Waals surface area contributed by atoms with E-state index in [9.17, 15) is 0 Å². The van der Waals surface area contributed by atoms with Crippen LogP contribution in [0.3, 0.4) is 0 Å². The van der Waals surface area contributed by atoms with Crippen LogP contribution in [0.15, 0.2) is 18.2 Å². The molecule has 2 N–H and O–H groups in total. The molecule has 0 aromatic heterocycles. The van der Waals surface area contributed by atoms with Crippen LogP contribution in [0.5, 0.6) is 0 Å². The average molecular weight is 144 g/mol. The third-order valence-corrected chi connectivity index (χ3v) is 1.62. The highest BCUT2D eigenvalue weighted by atomic mass is 14.7. The lowest BCUT2D eigenvalue weighted by molar-refractivity contribution is 1.43. The third kappa shape index (κ3) is 1.42. The summed E-state index contributed by atoms with van der Waals surface area (Å²) in [6, 6.07) is 5.69. The van der Waals surface area contributed by atoms with Gasteiger partial charge in [0.2, 0.25) is 7.98 Å². The maximum Gasteiger partial charge on any atom is 0.222 e. The van der Waals surface area contributed by atoms with Gasteiger partial charge in [-0.2, -0.15) is 0 Å². The minimum absolute atomic E-state index is 0.792. The lowest BCUT2D eigenvalue weighted by Crippen LogP contribution is -1.97. The van der Waals surface area contributed by atoms with Crippen molar-refractivity contribution in [3.63, 3.8) is 0 Å². The van der Waals surface area contributed by atoms with E-state index in [1.54, 1.807) is 0 Å². The highest BCUT2D eigenvalue weighted by Gasteiger charge is 1.98. The van der Waals surface area contributed by atoms with E-state index in [0.717, 1.165) is 16.8 Å². The molecule has 0 amide bonds. The van der Waals surface area contributed by atoms with Crippen molar-refractivity contribution >= 4 is 19.9 Å². The molecule has 0 aliphatic heterocycles. The van der Waals surface area contributed by atoms with Crippen LogP contribution in [-0.2, 0) is 0 Å². The van der Waals surface area contributed by atoms with Gasteiger partial charge < -0.3 is 10.6 Å². The first-order chi connectivity index (χ1) is 5.29. The maximum atomic E-state index is 7.11. The van der Waals surface area contributed by atoms with Gasteiger partial charge in [0.1, 0.15) is 0 Å². The second-order valence-electron chi connectivity index (χ2n) is 2.32. The molecule has 1 rings (SSSR count).